The lowest BCUT2D eigenvalue weighted by atomic mass is 9.76. The number of hydrogen-bond donors (Lipinski definition) is 0. The lowest BCUT2D eigenvalue weighted by molar-refractivity contribution is -0.308. The molecule has 1 saturated heterocycles. The average molecular weight is 298 g/mol. The number of fused-ring (bicyclic) bond motifs is 1. The third-order valence-electron chi connectivity index (χ3n) is 4.32. The van der Waals surface area contributed by atoms with Gasteiger partial charge in [0.1, 0.15) is 0 Å². The van der Waals surface area contributed by atoms with Gasteiger partial charge in [0.2, 0.25) is 5.72 Å². The molecule has 22 heavy (non-hydrogen) atoms. The van der Waals surface area contributed by atoms with E-state index in [1.54, 1.807) is 12.4 Å². The summed E-state index contributed by atoms with van der Waals surface area (Å²) >= 11 is 0. The third-order valence-corrected chi connectivity index (χ3v) is 4.32. The molecule has 112 valence electrons. The van der Waals surface area contributed by atoms with Crippen molar-refractivity contribution >= 4 is 11.9 Å². The Labute approximate surface area is 127 Å². The molecule has 0 saturated carbocycles. The molecule has 2 bridgehead atoms. The molecule has 3 aliphatic heterocycles. The molecular formula is C16H14N2O4. The second-order valence-electron chi connectivity index (χ2n) is 5.63. The second kappa shape index (κ2) is 4.78. The van der Waals surface area contributed by atoms with E-state index in [-0.39, 0.29) is 12.0 Å². The molecule has 0 amide bonds. The smallest absolute Gasteiger partial charge is 0.350 e. The summed E-state index contributed by atoms with van der Waals surface area (Å²) < 4.78 is 5.59. The van der Waals surface area contributed by atoms with E-state index in [4.69, 9.17) is 9.57 Å². The normalized spacial score (nSPS) is 35.1. The number of piperidine rings is 1. The van der Waals surface area contributed by atoms with Gasteiger partial charge in [-0.25, -0.2) is 9.59 Å². The average Bonchev–Trinajstić information content (AvgIpc) is 2.54. The Morgan fingerprint density at radius 3 is 2.86 bits per heavy atom. The molecule has 0 radical (unpaired) electrons. The predicted octanol–water partition coefficient (Wildman–Crippen LogP) is 1.67. The highest BCUT2D eigenvalue weighted by Gasteiger charge is 2.54. The van der Waals surface area contributed by atoms with E-state index >= 15 is 0 Å². The van der Waals surface area contributed by atoms with E-state index in [1.807, 2.05) is 24.3 Å². The fourth-order valence-corrected chi connectivity index (χ4v) is 3.35. The van der Waals surface area contributed by atoms with Crippen LogP contribution in [0.3, 0.4) is 0 Å². The van der Waals surface area contributed by atoms with Crippen LogP contribution in [0.15, 0.2) is 48.8 Å². The summed E-state index contributed by atoms with van der Waals surface area (Å²) in [5.41, 5.74) is -0.110. The molecule has 1 fully saturated rings. The molecule has 3 unspecified atom stereocenters. The number of pyridine rings is 1. The highest BCUT2D eigenvalue weighted by atomic mass is 16.8. The topological polar surface area (TPSA) is 68.7 Å². The quantitative estimate of drug-likeness (QED) is 0.580. The first-order valence-corrected chi connectivity index (χ1v) is 7.20. The number of ether oxygens (including phenoxy) is 1. The van der Waals surface area contributed by atoms with Crippen molar-refractivity contribution in [1.82, 2.24) is 10.0 Å². The number of hydrogen-bond acceptors (Lipinski definition) is 6. The van der Waals surface area contributed by atoms with E-state index < -0.39 is 17.7 Å². The summed E-state index contributed by atoms with van der Waals surface area (Å²) in [6.07, 6.45) is 10.9. The Bertz CT molecular complexity index is 685. The van der Waals surface area contributed by atoms with Crippen molar-refractivity contribution in [2.24, 2.45) is 5.92 Å². The molecule has 0 aromatic carbocycles. The van der Waals surface area contributed by atoms with Crippen LogP contribution >= 0.6 is 0 Å². The molecule has 6 heteroatoms. The number of hydroxylamine groups is 2. The zero-order valence-electron chi connectivity index (χ0n) is 11.7. The maximum Gasteiger partial charge on any atom is 0.350 e. The van der Waals surface area contributed by atoms with Gasteiger partial charge in [0, 0.05) is 36.9 Å². The Hall–Kier alpha value is -2.47. The van der Waals surface area contributed by atoms with Gasteiger partial charge in [-0.05, 0) is 24.1 Å². The van der Waals surface area contributed by atoms with Crippen LogP contribution in [0.1, 0.15) is 24.4 Å². The lowest BCUT2D eigenvalue weighted by Gasteiger charge is -2.52. The number of esters is 1. The van der Waals surface area contributed by atoms with Crippen molar-refractivity contribution in [2.75, 3.05) is 0 Å². The molecular weight excluding hydrogens is 284 g/mol. The lowest BCUT2D eigenvalue weighted by Crippen LogP contribution is -2.59. The molecule has 0 N–H and O–H groups in total. The molecule has 1 aliphatic carbocycles. The van der Waals surface area contributed by atoms with Gasteiger partial charge in [-0.3, -0.25) is 4.98 Å². The van der Waals surface area contributed by atoms with Crippen molar-refractivity contribution < 1.29 is 19.2 Å². The minimum atomic E-state index is -1.03. The van der Waals surface area contributed by atoms with Gasteiger partial charge in [0.25, 0.3) is 0 Å². The molecule has 1 aromatic rings. The van der Waals surface area contributed by atoms with E-state index in [9.17, 15) is 9.59 Å². The summed E-state index contributed by atoms with van der Waals surface area (Å²) in [6.45, 7) is 0. The Morgan fingerprint density at radius 2 is 2.14 bits per heavy atom. The maximum absolute atomic E-state index is 11.9. The fraction of sp³-hybridized carbons (Fsp3) is 0.312. The number of carbonyl (C=O) groups excluding carboxylic acids is 2. The first kappa shape index (κ1) is 13.2. The van der Waals surface area contributed by atoms with Gasteiger partial charge in [0.05, 0.1) is 6.04 Å². The van der Waals surface area contributed by atoms with Gasteiger partial charge in [-0.15, -0.1) is 0 Å². The summed E-state index contributed by atoms with van der Waals surface area (Å²) in [4.78, 5) is 33.4. The van der Waals surface area contributed by atoms with E-state index in [2.05, 4.69) is 4.98 Å². The Kier molecular flexibility index (Phi) is 2.87. The van der Waals surface area contributed by atoms with Gasteiger partial charge >= 0.3 is 11.9 Å². The number of carbonyl (C=O) groups is 2. The first-order chi connectivity index (χ1) is 10.7. The minimum absolute atomic E-state index is 0.181. The summed E-state index contributed by atoms with van der Waals surface area (Å²) in [6, 6.07) is 3.56. The summed E-state index contributed by atoms with van der Waals surface area (Å²) in [7, 11) is 0. The van der Waals surface area contributed by atoms with Crippen molar-refractivity contribution in [2.45, 2.75) is 24.6 Å². The Morgan fingerprint density at radius 1 is 1.27 bits per heavy atom. The molecule has 1 spiro atoms. The summed E-state index contributed by atoms with van der Waals surface area (Å²) in [5.74, 6) is -0.941. The second-order valence-corrected chi connectivity index (χ2v) is 5.63. The van der Waals surface area contributed by atoms with Crippen molar-refractivity contribution in [3.05, 3.63) is 54.4 Å². The molecule has 6 nitrogen and oxygen atoms in total. The van der Waals surface area contributed by atoms with Gasteiger partial charge in [0.15, 0.2) is 0 Å². The first-order valence-electron chi connectivity index (χ1n) is 7.20. The van der Waals surface area contributed by atoms with Crippen LogP contribution in [0.5, 0.6) is 0 Å². The molecule has 1 aromatic heterocycles. The number of nitrogens with zero attached hydrogens (tertiary/aromatic N) is 2. The number of aromatic nitrogens is 1. The largest absolute Gasteiger partial charge is 0.434 e. The van der Waals surface area contributed by atoms with Crippen LogP contribution in [0, 0.1) is 5.92 Å². The van der Waals surface area contributed by atoms with Crippen molar-refractivity contribution in [3.8, 4) is 0 Å². The van der Waals surface area contributed by atoms with E-state index in [1.165, 1.54) is 5.06 Å². The minimum Gasteiger partial charge on any atom is -0.434 e. The zero-order valence-corrected chi connectivity index (χ0v) is 11.7. The van der Waals surface area contributed by atoms with Crippen molar-refractivity contribution in [1.29, 1.82) is 0 Å². The van der Waals surface area contributed by atoms with Crippen LogP contribution in [0.2, 0.25) is 0 Å². The maximum atomic E-state index is 11.9. The molecule has 4 heterocycles. The molecule has 4 aliphatic rings. The van der Waals surface area contributed by atoms with Crippen LogP contribution < -0.4 is 0 Å². The van der Waals surface area contributed by atoms with Gasteiger partial charge in [-0.2, -0.15) is 0 Å². The third kappa shape index (κ3) is 1.95. The number of rotatable bonds is 1. The van der Waals surface area contributed by atoms with Crippen LogP contribution in [0.25, 0.3) is 0 Å². The highest BCUT2D eigenvalue weighted by molar-refractivity contribution is 5.92. The van der Waals surface area contributed by atoms with E-state index in [0.717, 1.165) is 24.1 Å². The molecule has 3 atom stereocenters. The standard InChI is InChI=1S/C16H14N2O4/c19-13-3-4-14(20)22-18-15(12-2-1-9-17-10-12)11-5-7-16(18,21-13)8-6-11/h1-5,7,9-11,15H,6,8H2/b4-3+. The van der Waals surface area contributed by atoms with E-state index in [0.29, 0.717) is 6.42 Å². The Balaban J connectivity index is 1.82. The highest BCUT2D eigenvalue weighted by Crippen LogP contribution is 2.50. The zero-order chi connectivity index (χ0) is 15.2. The summed E-state index contributed by atoms with van der Waals surface area (Å²) in [5, 5.41) is 1.52. The monoisotopic (exact) mass is 298 g/mol. The SMILES string of the molecule is O=C1/C=C/C(=O)OC23C=CC(CC2)C(c2cccnc2)N3O1. The fourth-order valence-electron chi connectivity index (χ4n) is 3.35. The predicted molar refractivity (Wildman–Crippen MR) is 74.7 cm³/mol. The van der Waals surface area contributed by atoms with Crippen LogP contribution in [-0.4, -0.2) is 27.7 Å². The van der Waals surface area contributed by atoms with Crippen LogP contribution in [0.4, 0.5) is 0 Å². The van der Waals surface area contributed by atoms with Crippen LogP contribution in [-0.2, 0) is 19.2 Å². The van der Waals surface area contributed by atoms with Gasteiger partial charge in [-0.1, -0.05) is 17.2 Å². The van der Waals surface area contributed by atoms with Gasteiger partial charge < -0.3 is 9.57 Å². The molecule has 5 rings (SSSR count). The van der Waals surface area contributed by atoms with Crippen molar-refractivity contribution in [3.63, 3.8) is 0 Å².